The predicted octanol–water partition coefficient (Wildman–Crippen LogP) is 0.778. The number of carbonyl (C=O) groups excluding carboxylic acids is 2. The number of hydrogen-bond acceptors (Lipinski definition) is 6. The zero-order valence-electron chi connectivity index (χ0n) is 16.9. The summed E-state index contributed by atoms with van der Waals surface area (Å²) in [4.78, 5) is 43.4. The molecule has 8 nitrogen and oxygen atoms in total. The van der Waals surface area contributed by atoms with Gasteiger partial charge in [0.05, 0.1) is 5.69 Å². The molecule has 31 heavy (non-hydrogen) atoms. The molecular formula is C21H17BN5O3P. The highest BCUT2D eigenvalue weighted by atomic mass is 31.0. The average Bonchev–Trinajstić information content (AvgIpc) is 2.87. The summed E-state index contributed by atoms with van der Waals surface area (Å²) >= 11 is 0. The largest absolute Gasteiger partial charge is 0.483 e. The summed E-state index contributed by atoms with van der Waals surface area (Å²) in [5.41, 5.74) is 2.42. The molecule has 10 heteroatoms. The number of aryl methyl sites for hydroxylation is 1. The van der Waals surface area contributed by atoms with Gasteiger partial charge in [-0.1, -0.05) is 23.7 Å². The molecule has 0 aliphatic carbocycles. The number of anilines is 1. The highest BCUT2D eigenvalue weighted by Crippen LogP contribution is 2.27. The van der Waals surface area contributed by atoms with Gasteiger partial charge in [0.2, 0.25) is 5.82 Å². The van der Waals surface area contributed by atoms with E-state index in [-0.39, 0.29) is 18.1 Å². The van der Waals surface area contributed by atoms with E-state index in [1.165, 1.54) is 11.1 Å². The molecule has 0 fully saturated rings. The second kappa shape index (κ2) is 8.36. The fourth-order valence-corrected chi connectivity index (χ4v) is 3.39. The zero-order valence-corrected chi connectivity index (χ0v) is 18.0. The Morgan fingerprint density at radius 1 is 1.29 bits per heavy atom. The lowest BCUT2D eigenvalue weighted by Gasteiger charge is -2.14. The van der Waals surface area contributed by atoms with Crippen molar-refractivity contribution in [2.24, 2.45) is 4.99 Å². The molecule has 3 aromatic rings. The number of fused-ring (bicyclic) bond motifs is 1. The van der Waals surface area contributed by atoms with Crippen LogP contribution in [0.1, 0.15) is 16.2 Å². The molecule has 0 saturated heterocycles. The van der Waals surface area contributed by atoms with Crippen molar-refractivity contribution < 1.29 is 14.3 Å². The van der Waals surface area contributed by atoms with Crippen LogP contribution in [0.3, 0.4) is 0 Å². The molecule has 4 rings (SSSR count). The molecular weight excluding hydrogens is 412 g/mol. The van der Waals surface area contributed by atoms with E-state index in [1.807, 2.05) is 19.1 Å². The number of ether oxygens (including phenoxy) is 1. The van der Waals surface area contributed by atoms with Crippen LogP contribution in [0, 0.1) is 6.92 Å². The number of aliphatic imine (C=N–C) groups is 1. The Morgan fingerprint density at radius 3 is 2.87 bits per heavy atom. The van der Waals surface area contributed by atoms with Gasteiger partial charge in [0, 0.05) is 19.4 Å². The lowest BCUT2D eigenvalue weighted by molar-refractivity contribution is -0.112. The van der Waals surface area contributed by atoms with Crippen molar-refractivity contribution in [2.75, 3.05) is 18.6 Å². The van der Waals surface area contributed by atoms with Crippen LogP contribution in [0.4, 0.5) is 5.82 Å². The van der Waals surface area contributed by atoms with E-state index in [4.69, 9.17) is 12.6 Å². The fraction of sp³-hybridized carbons (Fsp3) is 0.143. The number of hydrogen-bond donors (Lipinski definition) is 0. The summed E-state index contributed by atoms with van der Waals surface area (Å²) in [5.74, 6) is -0.595. The van der Waals surface area contributed by atoms with Gasteiger partial charge in [-0.3, -0.25) is 14.5 Å². The Balaban J connectivity index is 1.67. The highest BCUT2D eigenvalue weighted by molar-refractivity contribution is 7.27. The summed E-state index contributed by atoms with van der Waals surface area (Å²) in [7, 11) is 10.3. The number of carbonyl (C=O) groups is 2. The Labute approximate surface area is 182 Å². The third-order valence-electron chi connectivity index (χ3n) is 4.71. The van der Waals surface area contributed by atoms with Gasteiger partial charge in [-0.2, -0.15) is 0 Å². The van der Waals surface area contributed by atoms with Gasteiger partial charge in [0.1, 0.15) is 20.2 Å². The molecule has 1 unspecified atom stereocenters. The highest BCUT2D eigenvalue weighted by Gasteiger charge is 2.28. The summed E-state index contributed by atoms with van der Waals surface area (Å²) in [6.07, 6.45) is 3.08. The van der Waals surface area contributed by atoms with Gasteiger partial charge in [-0.25, -0.2) is 19.9 Å². The minimum absolute atomic E-state index is 0.0666. The summed E-state index contributed by atoms with van der Waals surface area (Å²) in [6, 6.07) is 8.89. The van der Waals surface area contributed by atoms with E-state index in [1.54, 1.807) is 31.4 Å². The van der Waals surface area contributed by atoms with Crippen LogP contribution in [0.25, 0.3) is 11.3 Å². The third-order valence-corrected chi connectivity index (χ3v) is 5.07. The van der Waals surface area contributed by atoms with Crippen LogP contribution in [-0.4, -0.2) is 54.0 Å². The van der Waals surface area contributed by atoms with E-state index in [9.17, 15) is 9.59 Å². The smallest absolute Gasteiger partial charge is 0.315 e. The van der Waals surface area contributed by atoms with Crippen LogP contribution in [0.5, 0.6) is 5.75 Å². The third kappa shape index (κ3) is 4.09. The maximum atomic E-state index is 12.8. The minimum atomic E-state index is -0.748. The molecule has 0 spiro atoms. The van der Waals surface area contributed by atoms with E-state index in [0.717, 1.165) is 10.9 Å². The monoisotopic (exact) mass is 429 g/mol. The molecule has 3 heterocycles. The van der Waals surface area contributed by atoms with Gasteiger partial charge >= 0.3 is 5.91 Å². The van der Waals surface area contributed by atoms with Crippen molar-refractivity contribution in [3.8, 4) is 17.0 Å². The average molecular weight is 429 g/mol. The minimum Gasteiger partial charge on any atom is -0.483 e. The molecule has 152 valence electrons. The van der Waals surface area contributed by atoms with Crippen molar-refractivity contribution in [2.45, 2.75) is 6.92 Å². The van der Waals surface area contributed by atoms with Gasteiger partial charge in [-0.05, 0) is 35.5 Å². The Kier molecular flexibility index (Phi) is 5.61. The Hall–Kier alpha value is -3.45. The first-order valence-electron chi connectivity index (χ1n) is 9.32. The number of benzene rings is 1. The number of aromatic nitrogens is 3. The van der Waals surface area contributed by atoms with Crippen LogP contribution in [0.15, 0.2) is 47.7 Å². The van der Waals surface area contributed by atoms with Gasteiger partial charge < -0.3 is 4.74 Å². The molecule has 2 aromatic heterocycles. The van der Waals surface area contributed by atoms with Crippen LogP contribution >= 0.6 is 9.24 Å². The first kappa shape index (κ1) is 20.8. The fourth-order valence-electron chi connectivity index (χ4n) is 3.11. The van der Waals surface area contributed by atoms with Crippen molar-refractivity contribution in [3.05, 3.63) is 54.1 Å². The first-order valence-corrected chi connectivity index (χ1v) is 9.89. The standard InChI is InChI=1S/C21H17BN5O3P/c1-11-9-24-18(26-17(11)13-6-5-12(31)8-14(13)22)20(28)25-15-10-30-16-4-3-7-23-19(16)27(2)21(15)29/h3-9H,10,31H2,1-2H3. The SMILES string of the molecule is [B]c1cc(P)ccc1-c1nc(C(=O)N=C2COc3cccnc3N(C)C2=O)ncc1C. The quantitative estimate of drug-likeness (QED) is 0.441. The number of rotatable bonds is 2. The summed E-state index contributed by atoms with van der Waals surface area (Å²) in [6.45, 7) is 1.65. The van der Waals surface area contributed by atoms with E-state index in [2.05, 4.69) is 29.2 Å². The van der Waals surface area contributed by atoms with Crippen molar-refractivity contribution in [1.29, 1.82) is 0 Å². The Morgan fingerprint density at radius 2 is 2.10 bits per heavy atom. The zero-order chi connectivity index (χ0) is 22.1. The lowest BCUT2D eigenvalue weighted by atomic mass is 9.88. The summed E-state index contributed by atoms with van der Waals surface area (Å²) in [5, 5.41) is 0.933. The normalized spacial score (nSPS) is 14.7. The molecule has 1 aliphatic rings. The van der Waals surface area contributed by atoms with Crippen molar-refractivity contribution >= 4 is 51.2 Å². The maximum Gasteiger partial charge on any atom is 0.315 e. The van der Waals surface area contributed by atoms with Crippen molar-refractivity contribution in [3.63, 3.8) is 0 Å². The Bertz CT molecular complexity index is 1250. The van der Waals surface area contributed by atoms with E-state index < -0.39 is 11.8 Å². The lowest BCUT2D eigenvalue weighted by Crippen LogP contribution is -2.35. The first-order chi connectivity index (χ1) is 14.8. The van der Waals surface area contributed by atoms with Crippen LogP contribution in [-0.2, 0) is 4.79 Å². The van der Waals surface area contributed by atoms with Crippen molar-refractivity contribution in [1.82, 2.24) is 15.0 Å². The van der Waals surface area contributed by atoms with Gasteiger partial charge in [-0.15, -0.1) is 9.24 Å². The molecule has 0 saturated carbocycles. The second-order valence-electron chi connectivity index (χ2n) is 6.91. The molecule has 1 aliphatic heterocycles. The predicted molar refractivity (Wildman–Crippen MR) is 122 cm³/mol. The number of amides is 2. The topological polar surface area (TPSA) is 97.6 Å². The van der Waals surface area contributed by atoms with E-state index in [0.29, 0.717) is 28.3 Å². The van der Waals surface area contributed by atoms with Gasteiger partial charge in [0.25, 0.3) is 5.91 Å². The molecule has 1 aromatic carbocycles. The molecule has 0 N–H and O–H groups in total. The molecule has 2 radical (unpaired) electrons. The van der Waals surface area contributed by atoms with Crippen LogP contribution < -0.4 is 20.4 Å². The molecule has 2 amide bonds. The van der Waals surface area contributed by atoms with E-state index >= 15 is 0 Å². The molecule has 0 bridgehead atoms. The van der Waals surface area contributed by atoms with Crippen LogP contribution in [0.2, 0.25) is 0 Å². The maximum absolute atomic E-state index is 12.8. The number of pyridine rings is 1. The van der Waals surface area contributed by atoms with Gasteiger partial charge in [0.15, 0.2) is 11.6 Å². The summed E-state index contributed by atoms with van der Waals surface area (Å²) < 4.78 is 5.61. The second-order valence-corrected chi connectivity index (χ2v) is 7.58. The number of nitrogens with zero attached hydrogens (tertiary/aromatic N) is 5. The molecule has 1 atom stereocenters.